The molecule has 0 amide bonds. The van der Waals surface area contributed by atoms with Crippen LogP contribution in [0.2, 0.25) is 0 Å². The standard InChI is InChI=1S/C45H75NO17/c1-12-32-29(21-57-43-38(53)41(56-11)36(51)25(5)59-43)17-22(2)13-14-30(48)23(3)18-28(15-16-47)39(24(4)31(49)19-33(50)61-32)63-44-37(52)35(46(9)10)40(26(6)60-44)62-34-20-45(8,55)42(54)27(7)58-34/h13-14,16-17,23-29,31-32,34-44,49,51-55H,12,15,18-21H2,1-11H3/b14-13+,22-17+/t23-,24+,25-,26-,27+,28+,29-,31-,32-,34+,35-,36-,37-,38-,39-,40-,41-,42+,43-,44+,45-/m1/s1. The summed E-state index contributed by atoms with van der Waals surface area (Å²) >= 11 is 0. The highest BCUT2D eigenvalue weighted by atomic mass is 16.7. The second-order valence-electron chi connectivity index (χ2n) is 18.5. The Bertz CT molecular complexity index is 1540. The maximum atomic E-state index is 13.7. The molecule has 0 aromatic heterocycles. The Morgan fingerprint density at radius 3 is 2.14 bits per heavy atom. The number of allylic oxidation sites excluding steroid dienone is 3. The van der Waals surface area contributed by atoms with Gasteiger partial charge >= 0.3 is 5.97 Å². The van der Waals surface area contributed by atoms with Gasteiger partial charge in [0.2, 0.25) is 0 Å². The number of esters is 1. The average Bonchev–Trinajstić information content (AvgIpc) is 3.21. The van der Waals surface area contributed by atoms with Gasteiger partial charge in [-0.2, -0.15) is 0 Å². The monoisotopic (exact) mass is 902 g/mol. The van der Waals surface area contributed by atoms with Gasteiger partial charge < -0.3 is 78.2 Å². The van der Waals surface area contributed by atoms with E-state index >= 15 is 0 Å². The van der Waals surface area contributed by atoms with Crippen LogP contribution in [0.1, 0.15) is 87.5 Å². The summed E-state index contributed by atoms with van der Waals surface area (Å²) in [6.07, 6.45) is -10.0. The fraction of sp³-hybridized carbons (Fsp3) is 0.844. The quantitative estimate of drug-likeness (QED) is 0.119. The van der Waals surface area contributed by atoms with Crippen LogP contribution in [0.3, 0.4) is 0 Å². The van der Waals surface area contributed by atoms with Crippen molar-refractivity contribution in [3.8, 4) is 0 Å². The molecule has 0 bridgehead atoms. The lowest BCUT2D eigenvalue weighted by Crippen LogP contribution is -2.65. The van der Waals surface area contributed by atoms with Crippen LogP contribution < -0.4 is 0 Å². The molecule has 3 fully saturated rings. The molecule has 0 saturated carbocycles. The third-order valence-corrected chi connectivity index (χ3v) is 13.2. The fourth-order valence-corrected chi connectivity index (χ4v) is 9.28. The molecule has 4 rings (SSSR count). The smallest absolute Gasteiger partial charge is 0.308 e. The van der Waals surface area contributed by atoms with Crippen LogP contribution in [0, 0.1) is 23.7 Å². The predicted molar refractivity (Wildman–Crippen MR) is 226 cm³/mol. The summed E-state index contributed by atoms with van der Waals surface area (Å²) in [4.78, 5) is 41.4. The number of ketones is 1. The van der Waals surface area contributed by atoms with E-state index in [0.29, 0.717) is 18.3 Å². The van der Waals surface area contributed by atoms with Crippen LogP contribution >= 0.6 is 0 Å². The number of aldehydes is 1. The summed E-state index contributed by atoms with van der Waals surface area (Å²) in [7, 11) is 4.86. The van der Waals surface area contributed by atoms with E-state index in [-0.39, 0.29) is 31.7 Å². The molecule has 0 aromatic carbocycles. The minimum Gasteiger partial charge on any atom is -0.462 e. The number of carbonyl (C=O) groups is 3. The first-order chi connectivity index (χ1) is 29.5. The first-order valence-corrected chi connectivity index (χ1v) is 22.3. The van der Waals surface area contributed by atoms with Crippen LogP contribution in [0.5, 0.6) is 0 Å². The fourth-order valence-electron chi connectivity index (χ4n) is 9.28. The molecule has 63 heavy (non-hydrogen) atoms. The molecule has 0 spiro atoms. The molecule has 21 atom stereocenters. The Balaban J connectivity index is 1.61. The van der Waals surface area contributed by atoms with Crippen LogP contribution in [-0.4, -0.2) is 185 Å². The summed E-state index contributed by atoms with van der Waals surface area (Å²) < 4.78 is 48.3. The van der Waals surface area contributed by atoms with E-state index < -0.39 is 140 Å². The van der Waals surface area contributed by atoms with Gasteiger partial charge in [-0.25, -0.2) is 0 Å². The minimum atomic E-state index is -1.49. The van der Waals surface area contributed by atoms with E-state index in [4.69, 9.17) is 37.9 Å². The second kappa shape index (κ2) is 23.5. The molecule has 362 valence electrons. The molecule has 4 aliphatic heterocycles. The molecule has 4 aliphatic rings. The van der Waals surface area contributed by atoms with Gasteiger partial charge in [0.25, 0.3) is 0 Å². The van der Waals surface area contributed by atoms with Gasteiger partial charge in [-0.05, 0) is 73.5 Å². The molecule has 18 nitrogen and oxygen atoms in total. The third-order valence-electron chi connectivity index (χ3n) is 13.2. The average molecular weight is 902 g/mol. The van der Waals surface area contributed by atoms with Crippen molar-refractivity contribution in [2.24, 2.45) is 23.7 Å². The minimum absolute atomic E-state index is 0.0412. The number of aliphatic hydroxyl groups excluding tert-OH is 5. The van der Waals surface area contributed by atoms with Crippen LogP contribution in [-0.2, 0) is 52.3 Å². The van der Waals surface area contributed by atoms with Gasteiger partial charge in [0.15, 0.2) is 24.7 Å². The number of hydrogen-bond donors (Lipinski definition) is 6. The first-order valence-electron chi connectivity index (χ1n) is 22.3. The molecule has 6 N–H and O–H groups in total. The lowest BCUT2D eigenvalue weighted by molar-refractivity contribution is -0.341. The molecule has 3 saturated heterocycles. The first kappa shape index (κ1) is 53.3. The number of hydrogen-bond acceptors (Lipinski definition) is 18. The number of nitrogens with zero attached hydrogens (tertiary/aromatic N) is 1. The van der Waals surface area contributed by atoms with Crippen molar-refractivity contribution in [3.63, 3.8) is 0 Å². The van der Waals surface area contributed by atoms with Crippen LogP contribution in [0.15, 0.2) is 23.8 Å². The summed E-state index contributed by atoms with van der Waals surface area (Å²) in [5, 5.41) is 66.4. The zero-order chi connectivity index (χ0) is 47.1. The number of ether oxygens (including phenoxy) is 8. The molecule has 0 unspecified atom stereocenters. The Labute approximate surface area is 371 Å². The zero-order valence-electron chi connectivity index (χ0n) is 38.7. The summed E-state index contributed by atoms with van der Waals surface area (Å²) in [6.45, 7) is 13.4. The van der Waals surface area contributed by atoms with E-state index in [9.17, 15) is 45.0 Å². The largest absolute Gasteiger partial charge is 0.462 e. The third kappa shape index (κ3) is 13.4. The number of likely N-dealkylation sites (N-methyl/N-ethyl adjacent to an activating group) is 1. The second-order valence-corrected chi connectivity index (χ2v) is 18.5. The van der Waals surface area contributed by atoms with Crippen molar-refractivity contribution in [2.75, 3.05) is 27.8 Å². The lowest BCUT2D eigenvalue weighted by atomic mass is 9.79. The van der Waals surface area contributed by atoms with Crippen molar-refractivity contribution in [1.29, 1.82) is 0 Å². The van der Waals surface area contributed by atoms with Crippen LogP contribution in [0.4, 0.5) is 0 Å². The van der Waals surface area contributed by atoms with Crippen molar-refractivity contribution in [1.82, 2.24) is 4.90 Å². The van der Waals surface area contributed by atoms with E-state index in [1.807, 2.05) is 6.92 Å². The SMILES string of the molecule is CC[C@H]1OC(=O)C[C@@H](O)[C@H](C)[C@@H](O[C@@H]2O[C@H](C)[C@@H](O[C@H]3C[C@@](C)(O)[C@@H](O)[C@H](C)O3)[C@H](N(C)C)[C@H]2O)[C@@H](CC=O)C[C@@H](C)C(=O)/C=C/C(C)=C/[C@@H]1CO[C@@H]1O[C@H](C)[C@@H](O)[C@@H](OC)[C@H]1O. The number of cyclic esters (lactones) is 1. The Kier molecular flexibility index (Phi) is 19.9. The highest BCUT2D eigenvalue weighted by Crippen LogP contribution is 2.37. The van der Waals surface area contributed by atoms with Gasteiger partial charge in [-0.3, -0.25) is 9.59 Å². The maximum absolute atomic E-state index is 13.7. The van der Waals surface area contributed by atoms with E-state index in [2.05, 4.69) is 0 Å². The number of rotatable bonds is 12. The van der Waals surface area contributed by atoms with Gasteiger partial charge in [0.1, 0.15) is 49.0 Å². The van der Waals surface area contributed by atoms with Gasteiger partial charge in [0.05, 0.1) is 55.2 Å². The normalized spacial score (nSPS) is 46.5. The Morgan fingerprint density at radius 2 is 1.54 bits per heavy atom. The van der Waals surface area contributed by atoms with E-state index in [0.717, 1.165) is 0 Å². The Morgan fingerprint density at radius 1 is 0.873 bits per heavy atom. The number of aliphatic hydroxyl groups is 6. The molecule has 0 radical (unpaired) electrons. The van der Waals surface area contributed by atoms with E-state index in [1.165, 1.54) is 20.1 Å². The van der Waals surface area contributed by atoms with Crippen molar-refractivity contribution < 1.29 is 82.9 Å². The lowest BCUT2D eigenvalue weighted by Gasteiger charge is -2.50. The summed E-state index contributed by atoms with van der Waals surface area (Å²) in [6, 6.07) is -0.755. The Hall–Kier alpha value is -2.27. The molecular formula is C45H75NO17. The van der Waals surface area contributed by atoms with Gasteiger partial charge in [0, 0.05) is 37.7 Å². The van der Waals surface area contributed by atoms with Gasteiger partial charge in [-0.1, -0.05) is 38.5 Å². The molecule has 4 heterocycles. The molecular weight excluding hydrogens is 826 g/mol. The van der Waals surface area contributed by atoms with Crippen molar-refractivity contribution in [2.45, 2.75) is 191 Å². The topological polar surface area (TPSA) is 250 Å². The maximum Gasteiger partial charge on any atom is 0.308 e. The molecule has 0 aliphatic carbocycles. The number of methoxy groups -OCH3 is 1. The highest BCUT2D eigenvalue weighted by Gasteiger charge is 2.51. The van der Waals surface area contributed by atoms with Crippen LogP contribution in [0.25, 0.3) is 0 Å². The zero-order valence-corrected chi connectivity index (χ0v) is 38.7. The van der Waals surface area contributed by atoms with Crippen molar-refractivity contribution >= 4 is 18.0 Å². The van der Waals surface area contributed by atoms with E-state index in [1.54, 1.807) is 72.7 Å². The molecule has 0 aromatic rings. The summed E-state index contributed by atoms with van der Waals surface area (Å²) in [5.74, 6) is -3.73. The van der Waals surface area contributed by atoms with Gasteiger partial charge in [-0.15, -0.1) is 0 Å². The summed E-state index contributed by atoms with van der Waals surface area (Å²) in [5.41, 5.74) is -0.845. The highest BCUT2D eigenvalue weighted by molar-refractivity contribution is 5.91. The predicted octanol–water partition coefficient (Wildman–Crippen LogP) is 1.18. The molecule has 18 heteroatoms. The number of carbonyl (C=O) groups excluding carboxylic acids is 3. The van der Waals surface area contributed by atoms with Crippen molar-refractivity contribution in [3.05, 3.63) is 23.8 Å².